The van der Waals surface area contributed by atoms with Crippen LogP contribution in [0, 0.1) is 13.8 Å². The average molecular weight is 401 g/mol. The topological polar surface area (TPSA) is 95.5 Å². The van der Waals surface area contributed by atoms with E-state index in [1.54, 1.807) is 12.1 Å². The Kier molecular flexibility index (Phi) is 7.63. The number of carboxylic acids is 1. The van der Waals surface area contributed by atoms with Gasteiger partial charge >= 0.3 is 5.97 Å². The highest BCUT2D eigenvalue weighted by Gasteiger charge is 2.16. The maximum absolute atomic E-state index is 12.5. The highest BCUT2D eigenvalue weighted by molar-refractivity contribution is 8.00. The molecule has 0 aliphatic heterocycles. The molecule has 6 nitrogen and oxygen atoms in total. The van der Waals surface area contributed by atoms with Crippen LogP contribution in [-0.2, 0) is 14.4 Å². The lowest BCUT2D eigenvalue weighted by molar-refractivity contribution is -0.138. The molecule has 0 aliphatic rings. The lowest BCUT2D eigenvalue weighted by Crippen LogP contribution is -2.23. The predicted octanol–water partition coefficient (Wildman–Crippen LogP) is 4.23. The molecule has 1 atom stereocenters. The smallest absolute Gasteiger partial charge is 0.303 e. The van der Waals surface area contributed by atoms with Crippen LogP contribution in [0.25, 0.3) is 0 Å². The molecule has 0 radical (unpaired) electrons. The summed E-state index contributed by atoms with van der Waals surface area (Å²) in [4.78, 5) is 35.6. The summed E-state index contributed by atoms with van der Waals surface area (Å²) in [6.07, 6.45) is -0.270. The zero-order valence-corrected chi connectivity index (χ0v) is 16.9. The number of benzene rings is 2. The Labute approximate surface area is 168 Å². The van der Waals surface area contributed by atoms with E-state index >= 15 is 0 Å². The Balaban J connectivity index is 1.91. The monoisotopic (exact) mass is 400 g/mol. The van der Waals surface area contributed by atoms with Crippen LogP contribution in [0.5, 0.6) is 0 Å². The minimum atomic E-state index is -1.00. The molecule has 2 aromatic carbocycles. The van der Waals surface area contributed by atoms with E-state index in [2.05, 4.69) is 10.6 Å². The van der Waals surface area contributed by atoms with Crippen LogP contribution in [0.2, 0.25) is 0 Å². The summed E-state index contributed by atoms with van der Waals surface area (Å²) in [5, 5.41) is 14.0. The Hall–Kier alpha value is -2.80. The van der Waals surface area contributed by atoms with Gasteiger partial charge in [0.2, 0.25) is 11.8 Å². The first-order valence-corrected chi connectivity index (χ1v) is 9.79. The van der Waals surface area contributed by atoms with E-state index in [1.807, 2.05) is 51.1 Å². The first-order valence-electron chi connectivity index (χ1n) is 8.91. The minimum absolute atomic E-state index is 0.0681. The van der Waals surface area contributed by atoms with Crippen molar-refractivity contribution >= 4 is 40.9 Å². The second kappa shape index (κ2) is 9.94. The molecule has 0 spiro atoms. The van der Waals surface area contributed by atoms with Crippen LogP contribution >= 0.6 is 11.8 Å². The van der Waals surface area contributed by atoms with Gasteiger partial charge in [-0.15, -0.1) is 11.8 Å². The fraction of sp³-hybridized carbons (Fsp3) is 0.286. The van der Waals surface area contributed by atoms with Gasteiger partial charge in [-0.3, -0.25) is 14.4 Å². The number of amides is 2. The van der Waals surface area contributed by atoms with E-state index in [0.29, 0.717) is 5.69 Å². The minimum Gasteiger partial charge on any atom is -0.481 e. The zero-order valence-electron chi connectivity index (χ0n) is 16.1. The van der Waals surface area contributed by atoms with Crippen molar-refractivity contribution in [2.24, 2.45) is 0 Å². The number of hydrogen-bond donors (Lipinski definition) is 3. The van der Waals surface area contributed by atoms with Gasteiger partial charge in [0, 0.05) is 22.7 Å². The normalized spacial score (nSPS) is 11.5. The number of carboxylic acid groups (broad SMARTS) is 1. The molecule has 2 aromatic rings. The standard InChI is InChI=1S/C21H24N2O4S/c1-13-5-4-6-14(2)20(13)23-21(27)15(3)28-17-9-7-16(8-10-17)22-18(24)11-12-19(25)26/h4-10,15H,11-12H2,1-3H3,(H,22,24)(H,23,27)(H,25,26). The maximum atomic E-state index is 12.5. The van der Waals surface area contributed by atoms with Crippen LogP contribution in [-0.4, -0.2) is 28.1 Å². The first-order chi connectivity index (χ1) is 13.3. The van der Waals surface area contributed by atoms with Crippen molar-refractivity contribution in [3.05, 3.63) is 53.6 Å². The molecular weight excluding hydrogens is 376 g/mol. The lowest BCUT2D eigenvalue weighted by atomic mass is 10.1. The summed E-state index contributed by atoms with van der Waals surface area (Å²) in [6, 6.07) is 13.0. The van der Waals surface area contributed by atoms with E-state index in [-0.39, 0.29) is 29.9 Å². The molecule has 7 heteroatoms. The van der Waals surface area contributed by atoms with Gasteiger partial charge in [-0.25, -0.2) is 0 Å². The maximum Gasteiger partial charge on any atom is 0.303 e. The van der Waals surface area contributed by atoms with Gasteiger partial charge in [-0.2, -0.15) is 0 Å². The molecule has 2 rings (SSSR count). The largest absolute Gasteiger partial charge is 0.481 e. The van der Waals surface area contributed by atoms with Crippen molar-refractivity contribution in [3.63, 3.8) is 0 Å². The second-order valence-electron chi connectivity index (χ2n) is 6.48. The zero-order chi connectivity index (χ0) is 20.7. The Bertz CT molecular complexity index is 845. The third-order valence-corrected chi connectivity index (χ3v) is 5.23. The molecule has 28 heavy (non-hydrogen) atoms. The summed E-state index contributed by atoms with van der Waals surface area (Å²) >= 11 is 1.42. The number of hydrogen-bond acceptors (Lipinski definition) is 4. The van der Waals surface area contributed by atoms with E-state index in [4.69, 9.17) is 5.11 Å². The third-order valence-electron chi connectivity index (χ3n) is 4.12. The van der Waals surface area contributed by atoms with Gasteiger partial charge in [0.1, 0.15) is 0 Å². The second-order valence-corrected chi connectivity index (χ2v) is 7.90. The number of anilines is 2. The Morgan fingerprint density at radius 3 is 2.14 bits per heavy atom. The van der Waals surface area contributed by atoms with Crippen LogP contribution in [0.3, 0.4) is 0 Å². The van der Waals surface area contributed by atoms with Gasteiger partial charge in [0.15, 0.2) is 0 Å². The van der Waals surface area contributed by atoms with Gasteiger partial charge in [-0.1, -0.05) is 18.2 Å². The van der Waals surface area contributed by atoms with Crippen molar-refractivity contribution in [1.82, 2.24) is 0 Å². The van der Waals surface area contributed by atoms with Crippen LogP contribution in [0.15, 0.2) is 47.4 Å². The fourth-order valence-electron chi connectivity index (χ4n) is 2.55. The Morgan fingerprint density at radius 1 is 0.964 bits per heavy atom. The SMILES string of the molecule is Cc1cccc(C)c1NC(=O)C(C)Sc1ccc(NC(=O)CCC(=O)O)cc1. The molecule has 0 bridgehead atoms. The number of rotatable bonds is 8. The van der Waals surface area contributed by atoms with Gasteiger partial charge < -0.3 is 15.7 Å². The summed E-state index contributed by atoms with van der Waals surface area (Å²) in [5.41, 5.74) is 3.48. The molecule has 2 amide bonds. The van der Waals surface area contributed by atoms with Crippen LogP contribution in [0.4, 0.5) is 11.4 Å². The molecule has 0 aromatic heterocycles. The molecule has 0 aliphatic carbocycles. The molecular formula is C21H24N2O4S. The molecule has 0 saturated heterocycles. The molecule has 148 valence electrons. The molecule has 3 N–H and O–H groups in total. The van der Waals surface area contributed by atoms with Gasteiger partial charge in [0.25, 0.3) is 0 Å². The van der Waals surface area contributed by atoms with E-state index < -0.39 is 5.97 Å². The highest BCUT2D eigenvalue weighted by atomic mass is 32.2. The van der Waals surface area contributed by atoms with Crippen molar-refractivity contribution in [3.8, 4) is 0 Å². The van der Waals surface area contributed by atoms with E-state index in [9.17, 15) is 14.4 Å². The van der Waals surface area contributed by atoms with E-state index in [0.717, 1.165) is 21.7 Å². The summed E-state index contributed by atoms with van der Waals surface area (Å²) in [7, 11) is 0. The summed E-state index contributed by atoms with van der Waals surface area (Å²) in [6.45, 7) is 5.77. The number of carbonyl (C=O) groups is 3. The highest BCUT2D eigenvalue weighted by Crippen LogP contribution is 2.27. The van der Waals surface area contributed by atoms with Crippen LogP contribution in [0.1, 0.15) is 30.9 Å². The summed E-state index contributed by atoms with van der Waals surface area (Å²) < 4.78 is 0. The van der Waals surface area contributed by atoms with Gasteiger partial charge in [-0.05, 0) is 56.2 Å². The number of carbonyl (C=O) groups excluding carboxylic acids is 2. The predicted molar refractivity (Wildman–Crippen MR) is 112 cm³/mol. The lowest BCUT2D eigenvalue weighted by Gasteiger charge is -2.15. The van der Waals surface area contributed by atoms with E-state index in [1.165, 1.54) is 11.8 Å². The number of aliphatic carboxylic acids is 1. The fourth-order valence-corrected chi connectivity index (χ4v) is 3.42. The molecule has 0 fully saturated rings. The molecule has 1 unspecified atom stereocenters. The summed E-state index contributed by atoms with van der Waals surface area (Å²) in [5.74, 6) is -1.42. The number of nitrogens with one attached hydrogen (secondary N) is 2. The Morgan fingerprint density at radius 2 is 1.57 bits per heavy atom. The quantitative estimate of drug-likeness (QED) is 0.577. The van der Waals surface area contributed by atoms with Crippen molar-refractivity contribution in [2.75, 3.05) is 10.6 Å². The number of thioether (sulfide) groups is 1. The van der Waals surface area contributed by atoms with Crippen molar-refractivity contribution in [2.45, 2.75) is 43.8 Å². The van der Waals surface area contributed by atoms with Gasteiger partial charge in [0.05, 0.1) is 11.7 Å². The van der Waals surface area contributed by atoms with Crippen molar-refractivity contribution < 1.29 is 19.5 Å². The average Bonchev–Trinajstić information content (AvgIpc) is 2.64. The first kappa shape index (κ1) is 21.5. The number of aryl methyl sites for hydroxylation is 2. The van der Waals surface area contributed by atoms with Crippen molar-refractivity contribution in [1.29, 1.82) is 0 Å². The third kappa shape index (κ3) is 6.42. The number of para-hydroxylation sites is 1. The molecule has 0 heterocycles. The van der Waals surface area contributed by atoms with Crippen LogP contribution < -0.4 is 10.6 Å². The molecule has 0 saturated carbocycles.